The number of ether oxygens (including phenoxy) is 3. The van der Waals surface area contributed by atoms with Gasteiger partial charge in [0.25, 0.3) is 0 Å². The Balaban J connectivity index is 1.50. The van der Waals surface area contributed by atoms with Gasteiger partial charge >= 0.3 is 0 Å². The Kier molecular flexibility index (Phi) is 5.63. The van der Waals surface area contributed by atoms with Crippen LogP contribution in [0.15, 0.2) is 71.7 Å². The van der Waals surface area contributed by atoms with Crippen LogP contribution in [-0.2, 0) is 13.1 Å². The second kappa shape index (κ2) is 8.90. The van der Waals surface area contributed by atoms with E-state index in [1.807, 2.05) is 66.9 Å². The summed E-state index contributed by atoms with van der Waals surface area (Å²) in [4.78, 5) is 13.0. The normalized spacial score (nSPS) is 11.1. The number of hydrogen-bond acceptors (Lipinski definition) is 6. The monoisotopic (exact) mass is 456 g/mol. The quantitative estimate of drug-likeness (QED) is 0.346. The third-order valence-corrected chi connectivity index (χ3v) is 5.85. The first-order valence-electron chi connectivity index (χ1n) is 10.8. The van der Waals surface area contributed by atoms with Crippen molar-refractivity contribution in [2.45, 2.75) is 13.1 Å². The van der Waals surface area contributed by atoms with Crippen LogP contribution < -0.4 is 19.6 Å². The fraction of sp³-hybridized carbons (Fsp3) is 0.192. The van der Waals surface area contributed by atoms with Crippen molar-refractivity contribution in [1.82, 2.24) is 19.6 Å². The molecule has 34 heavy (non-hydrogen) atoms. The van der Waals surface area contributed by atoms with Crippen molar-refractivity contribution in [3.05, 3.63) is 88.3 Å². The molecule has 0 unspecified atom stereocenters. The van der Waals surface area contributed by atoms with Crippen LogP contribution in [0.4, 0.5) is 0 Å². The number of pyridine rings is 1. The van der Waals surface area contributed by atoms with Gasteiger partial charge in [-0.05, 0) is 42.0 Å². The maximum Gasteiger partial charge on any atom is 0.203 e. The average Bonchev–Trinajstić information content (AvgIpc) is 3.32. The number of aromatic nitrogens is 4. The third-order valence-electron chi connectivity index (χ3n) is 5.85. The van der Waals surface area contributed by atoms with Gasteiger partial charge in [0.05, 0.1) is 51.6 Å². The highest BCUT2D eigenvalue weighted by molar-refractivity contribution is 5.93. The predicted molar refractivity (Wildman–Crippen MR) is 130 cm³/mol. The van der Waals surface area contributed by atoms with Gasteiger partial charge < -0.3 is 18.8 Å². The van der Waals surface area contributed by atoms with E-state index < -0.39 is 0 Å². The molecule has 0 aliphatic rings. The molecule has 0 fully saturated rings. The van der Waals surface area contributed by atoms with Crippen molar-refractivity contribution in [2.24, 2.45) is 0 Å². The molecule has 0 aliphatic heterocycles. The summed E-state index contributed by atoms with van der Waals surface area (Å²) in [5.74, 6) is 1.72. The average molecular weight is 457 g/mol. The summed E-state index contributed by atoms with van der Waals surface area (Å²) in [7, 11) is 4.76. The van der Waals surface area contributed by atoms with Gasteiger partial charge in [-0.25, -0.2) is 4.68 Å². The van der Waals surface area contributed by atoms with Gasteiger partial charge in [0.2, 0.25) is 5.75 Å². The minimum atomic E-state index is 0.0357. The van der Waals surface area contributed by atoms with Gasteiger partial charge in [0.1, 0.15) is 5.69 Å². The minimum absolute atomic E-state index is 0.0357. The van der Waals surface area contributed by atoms with Crippen LogP contribution in [-0.4, -0.2) is 40.9 Å². The van der Waals surface area contributed by atoms with Gasteiger partial charge in [-0.15, -0.1) is 5.10 Å². The van der Waals surface area contributed by atoms with E-state index in [-0.39, 0.29) is 5.43 Å². The number of hydrogen-bond donors (Lipinski definition) is 0. The Hall–Kier alpha value is -4.33. The van der Waals surface area contributed by atoms with Crippen LogP contribution in [0.25, 0.3) is 21.8 Å². The van der Waals surface area contributed by atoms with E-state index in [4.69, 9.17) is 14.2 Å². The fourth-order valence-corrected chi connectivity index (χ4v) is 4.31. The molecule has 0 saturated heterocycles. The van der Waals surface area contributed by atoms with Gasteiger partial charge in [0.15, 0.2) is 16.9 Å². The highest BCUT2D eigenvalue weighted by Gasteiger charge is 2.15. The van der Waals surface area contributed by atoms with E-state index in [1.54, 1.807) is 26.0 Å². The number of nitrogens with zero attached hydrogens (tertiary/aromatic N) is 4. The van der Waals surface area contributed by atoms with Crippen LogP contribution in [0.2, 0.25) is 0 Å². The van der Waals surface area contributed by atoms with E-state index in [1.165, 1.54) is 0 Å². The Morgan fingerprint density at radius 2 is 1.38 bits per heavy atom. The second-order valence-corrected chi connectivity index (χ2v) is 7.89. The van der Waals surface area contributed by atoms with Crippen LogP contribution >= 0.6 is 0 Å². The van der Waals surface area contributed by atoms with E-state index >= 15 is 0 Å². The lowest BCUT2D eigenvalue weighted by atomic mass is 10.1. The number of fused-ring (bicyclic) bond motifs is 2. The van der Waals surface area contributed by atoms with Gasteiger partial charge in [0, 0.05) is 10.8 Å². The zero-order valence-electron chi connectivity index (χ0n) is 19.2. The molecule has 0 aliphatic carbocycles. The Bertz CT molecular complexity index is 1470. The molecule has 0 atom stereocenters. The Labute approximate surface area is 195 Å². The number of methoxy groups -OCH3 is 3. The first kappa shape index (κ1) is 21.5. The minimum Gasteiger partial charge on any atom is -0.493 e. The molecular formula is C26H24N4O4. The summed E-state index contributed by atoms with van der Waals surface area (Å²) in [5.41, 5.74) is 3.49. The summed E-state index contributed by atoms with van der Waals surface area (Å²) in [6.07, 6.45) is 1.91. The van der Waals surface area contributed by atoms with E-state index in [2.05, 4.69) is 14.9 Å². The molecule has 0 radical (unpaired) electrons. The molecular weight excluding hydrogens is 432 g/mol. The molecule has 2 heterocycles. The highest BCUT2D eigenvalue weighted by atomic mass is 16.5. The summed E-state index contributed by atoms with van der Waals surface area (Å²) >= 11 is 0. The van der Waals surface area contributed by atoms with Gasteiger partial charge in [-0.1, -0.05) is 29.5 Å². The van der Waals surface area contributed by atoms with Crippen molar-refractivity contribution in [2.75, 3.05) is 21.3 Å². The molecule has 0 saturated carbocycles. The molecule has 5 aromatic rings. The van der Waals surface area contributed by atoms with Crippen LogP contribution in [0.5, 0.6) is 17.2 Å². The van der Waals surface area contributed by atoms with E-state index in [0.717, 1.165) is 22.3 Å². The molecule has 5 rings (SSSR count). The first-order valence-corrected chi connectivity index (χ1v) is 10.8. The lowest BCUT2D eigenvalue weighted by Crippen LogP contribution is -2.12. The van der Waals surface area contributed by atoms with Crippen molar-refractivity contribution >= 4 is 21.8 Å². The maximum absolute atomic E-state index is 13.0. The third kappa shape index (κ3) is 3.73. The molecule has 0 bridgehead atoms. The summed E-state index contributed by atoms with van der Waals surface area (Å²) in [6.45, 7) is 0.964. The molecule has 0 spiro atoms. The standard InChI is InChI=1S/C26H24N4O4/c1-32-23-12-17(13-24(33-2)26(23)34-3)14-29-15-18(27-28-29)16-30-21-10-6-4-8-19(21)25(31)20-9-5-7-11-22(20)30/h4-13,15H,14,16H2,1-3H3. The number of benzene rings is 3. The molecule has 0 N–H and O–H groups in total. The van der Waals surface area contributed by atoms with E-state index in [0.29, 0.717) is 41.1 Å². The highest BCUT2D eigenvalue weighted by Crippen LogP contribution is 2.38. The number of rotatable bonds is 7. The topological polar surface area (TPSA) is 80.4 Å². The zero-order chi connectivity index (χ0) is 23.7. The largest absolute Gasteiger partial charge is 0.493 e. The van der Waals surface area contributed by atoms with Crippen LogP contribution in [0, 0.1) is 0 Å². The van der Waals surface area contributed by atoms with Crippen molar-refractivity contribution in [3.63, 3.8) is 0 Å². The van der Waals surface area contributed by atoms with E-state index in [9.17, 15) is 4.79 Å². The summed E-state index contributed by atoms with van der Waals surface area (Å²) in [5, 5.41) is 10.1. The summed E-state index contributed by atoms with van der Waals surface area (Å²) < 4.78 is 20.2. The van der Waals surface area contributed by atoms with Crippen LogP contribution in [0.3, 0.4) is 0 Å². The lowest BCUT2D eigenvalue weighted by Gasteiger charge is -2.14. The van der Waals surface area contributed by atoms with Crippen molar-refractivity contribution in [1.29, 1.82) is 0 Å². The van der Waals surface area contributed by atoms with Crippen molar-refractivity contribution in [3.8, 4) is 17.2 Å². The second-order valence-electron chi connectivity index (χ2n) is 7.89. The fourth-order valence-electron chi connectivity index (χ4n) is 4.31. The lowest BCUT2D eigenvalue weighted by molar-refractivity contribution is 0.323. The molecule has 8 heteroatoms. The Morgan fingerprint density at radius 3 is 1.94 bits per heavy atom. The maximum atomic E-state index is 13.0. The van der Waals surface area contributed by atoms with Crippen molar-refractivity contribution < 1.29 is 14.2 Å². The van der Waals surface area contributed by atoms with Crippen LogP contribution in [0.1, 0.15) is 11.3 Å². The smallest absolute Gasteiger partial charge is 0.203 e. The zero-order valence-corrected chi connectivity index (χ0v) is 19.2. The molecule has 8 nitrogen and oxygen atoms in total. The Morgan fingerprint density at radius 1 is 0.794 bits per heavy atom. The number of para-hydroxylation sites is 2. The summed E-state index contributed by atoms with van der Waals surface area (Å²) in [6, 6.07) is 19.1. The van der Waals surface area contributed by atoms with Gasteiger partial charge in [-0.3, -0.25) is 4.79 Å². The van der Waals surface area contributed by atoms with Gasteiger partial charge in [-0.2, -0.15) is 0 Å². The molecule has 0 amide bonds. The molecule has 3 aromatic carbocycles. The SMILES string of the molecule is COc1cc(Cn2cc(Cn3c4ccccc4c(=O)c4ccccc43)nn2)cc(OC)c1OC. The predicted octanol–water partition coefficient (Wildman–Crippen LogP) is 3.87. The first-order chi connectivity index (χ1) is 16.6. The molecule has 2 aromatic heterocycles. The molecule has 172 valence electrons.